The van der Waals surface area contributed by atoms with Crippen molar-refractivity contribution in [3.63, 3.8) is 0 Å². The zero-order valence-corrected chi connectivity index (χ0v) is 13.9. The summed E-state index contributed by atoms with van der Waals surface area (Å²) in [7, 11) is 1.66. The maximum atomic E-state index is 11.8. The van der Waals surface area contributed by atoms with Gasteiger partial charge in [0.15, 0.2) is 11.2 Å². The summed E-state index contributed by atoms with van der Waals surface area (Å²) in [6.07, 6.45) is -0.627. The van der Waals surface area contributed by atoms with E-state index >= 15 is 0 Å². The van der Waals surface area contributed by atoms with Gasteiger partial charge < -0.3 is 10.1 Å². The van der Waals surface area contributed by atoms with Crippen LogP contribution in [-0.2, 0) is 10.2 Å². The molecule has 0 aliphatic heterocycles. The molecule has 0 saturated heterocycles. The first-order chi connectivity index (χ1) is 9.74. The molecule has 0 aliphatic rings. The van der Waals surface area contributed by atoms with Gasteiger partial charge in [0.05, 0.1) is 0 Å². The summed E-state index contributed by atoms with van der Waals surface area (Å²) in [4.78, 5) is 11.8. The standard InChI is InChI=1S/C15H23N3O2S/c1-10(13(19)17-18-14(21)16-5)20-12-8-6-11(7-9-12)15(2,3)4/h6-10H,1-5H3,(H,17,19)(H2,16,18,21)/t10-/m0/s1. The van der Waals surface area contributed by atoms with Crippen LogP contribution in [0.15, 0.2) is 24.3 Å². The van der Waals surface area contributed by atoms with Gasteiger partial charge >= 0.3 is 0 Å². The number of nitrogens with one attached hydrogen (secondary N) is 3. The summed E-state index contributed by atoms with van der Waals surface area (Å²) in [6, 6.07) is 7.76. The van der Waals surface area contributed by atoms with Crippen molar-refractivity contribution in [2.24, 2.45) is 0 Å². The van der Waals surface area contributed by atoms with Crippen LogP contribution in [0.25, 0.3) is 0 Å². The average Bonchev–Trinajstić information content (AvgIpc) is 2.43. The third-order valence-corrected chi connectivity index (χ3v) is 3.23. The number of ether oxygens (including phenoxy) is 1. The highest BCUT2D eigenvalue weighted by molar-refractivity contribution is 7.80. The van der Waals surface area contributed by atoms with Gasteiger partial charge in [0.2, 0.25) is 0 Å². The highest BCUT2D eigenvalue weighted by Crippen LogP contribution is 2.24. The molecule has 0 fully saturated rings. The molecule has 1 rings (SSSR count). The molecule has 1 atom stereocenters. The Morgan fingerprint density at radius 3 is 2.24 bits per heavy atom. The molecule has 116 valence electrons. The monoisotopic (exact) mass is 309 g/mol. The topological polar surface area (TPSA) is 62.4 Å². The lowest BCUT2D eigenvalue weighted by atomic mass is 9.87. The number of hydrogen-bond acceptors (Lipinski definition) is 3. The van der Waals surface area contributed by atoms with E-state index in [1.54, 1.807) is 14.0 Å². The average molecular weight is 309 g/mol. The molecule has 0 aromatic heterocycles. The lowest BCUT2D eigenvalue weighted by molar-refractivity contribution is -0.127. The first-order valence-corrected chi connectivity index (χ1v) is 7.19. The van der Waals surface area contributed by atoms with Crippen LogP contribution in [0, 0.1) is 0 Å². The fourth-order valence-electron chi connectivity index (χ4n) is 1.57. The molecule has 6 heteroatoms. The SMILES string of the molecule is CNC(=S)NNC(=O)[C@H](C)Oc1ccc(C(C)(C)C)cc1. The number of carbonyl (C=O) groups is 1. The third kappa shape index (κ3) is 5.59. The van der Waals surface area contributed by atoms with E-state index < -0.39 is 6.10 Å². The first kappa shape index (κ1) is 17.2. The van der Waals surface area contributed by atoms with Crippen LogP contribution < -0.4 is 20.9 Å². The zero-order valence-electron chi connectivity index (χ0n) is 13.1. The van der Waals surface area contributed by atoms with Gasteiger partial charge in [-0.15, -0.1) is 0 Å². The van der Waals surface area contributed by atoms with E-state index in [9.17, 15) is 4.79 Å². The van der Waals surface area contributed by atoms with E-state index in [-0.39, 0.29) is 11.3 Å². The number of amides is 1. The van der Waals surface area contributed by atoms with Crippen molar-refractivity contribution < 1.29 is 9.53 Å². The summed E-state index contributed by atoms with van der Waals surface area (Å²) in [5.41, 5.74) is 6.35. The number of thiocarbonyl (C=S) groups is 1. The minimum absolute atomic E-state index is 0.0916. The highest BCUT2D eigenvalue weighted by Gasteiger charge is 2.16. The van der Waals surface area contributed by atoms with E-state index in [1.165, 1.54) is 5.56 Å². The van der Waals surface area contributed by atoms with Crippen LogP contribution >= 0.6 is 12.2 Å². The number of hydrazine groups is 1. The number of carbonyl (C=O) groups excluding carboxylic acids is 1. The largest absolute Gasteiger partial charge is 0.481 e. The van der Waals surface area contributed by atoms with Gasteiger partial charge in [-0.3, -0.25) is 15.6 Å². The zero-order chi connectivity index (χ0) is 16.0. The van der Waals surface area contributed by atoms with Gasteiger partial charge in [-0.1, -0.05) is 32.9 Å². The van der Waals surface area contributed by atoms with Crippen molar-refractivity contribution in [1.29, 1.82) is 0 Å². The predicted molar refractivity (Wildman–Crippen MR) is 88.2 cm³/mol. The Kier molecular flexibility index (Phi) is 5.96. The van der Waals surface area contributed by atoms with E-state index in [0.717, 1.165) is 0 Å². The van der Waals surface area contributed by atoms with Gasteiger partial charge in [-0.05, 0) is 42.3 Å². The van der Waals surface area contributed by atoms with Crippen LogP contribution in [0.3, 0.4) is 0 Å². The molecule has 1 aromatic rings. The Labute approximate surface area is 131 Å². The van der Waals surface area contributed by atoms with E-state index in [1.807, 2.05) is 24.3 Å². The minimum Gasteiger partial charge on any atom is -0.481 e. The van der Waals surface area contributed by atoms with Crippen molar-refractivity contribution >= 4 is 23.2 Å². The third-order valence-electron chi connectivity index (χ3n) is 2.93. The van der Waals surface area contributed by atoms with Gasteiger partial charge in [-0.25, -0.2) is 0 Å². The fourth-order valence-corrected chi connectivity index (χ4v) is 1.62. The molecular formula is C15H23N3O2S. The Bertz CT molecular complexity index is 495. The van der Waals surface area contributed by atoms with Crippen LogP contribution in [0.4, 0.5) is 0 Å². The molecule has 1 amide bonds. The smallest absolute Gasteiger partial charge is 0.279 e. The number of benzene rings is 1. The summed E-state index contributed by atoms with van der Waals surface area (Å²) in [5, 5.41) is 3.03. The normalized spacial score (nSPS) is 12.2. The van der Waals surface area contributed by atoms with Crippen molar-refractivity contribution in [3.8, 4) is 5.75 Å². The molecule has 0 heterocycles. The van der Waals surface area contributed by atoms with Crippen molar-refractivity contribution in [1.82, 2.24) is 16.2 Å². The number of rotatable bonds is 3. The summed E-state index contributed by atoms with van der Waals surface area (Å²) in [5.74, 6) is 0.356. The fraction of sp³-hybridized carbons (Fsp3) is 0.467. The second kappa shape index (κ2) is 7.26. The molecule has 0 unspecified atom stereocenters. The van der Waals surface area contributed by atoms with E-state index in [2.05, 4.69) is 36.9 Å². The molecule has 0 aliphatic carbocycles. The first-order valence-electron chi connectivity index (χ1n) is 6.79. The summed E-state index contributed by atoms with van der Waals surface area (Å²) >= 11 is 4.86. The van der Waals surface area contributed by atoms with Gasteiger partial charge in [0.1, 0.15) is 5.75 Å². The van der Waals surface area contributed by atoms with Crippen molar-refractivity contribution in [2.45, 2.75) is 39.2 Å². The van der Waals surface area contributed by atoms with Gasteiger partial charge in [0, 0.05) is 7.05 Å². The van der Waals surface area contributed by atoms with Crippen molar-refractivity contribution in [3.05, 3.63) is 29.8 Å². The molecular weight excluding hydrogens is 286 g/mol. The van der Waals surface area contributed by atoms with E-state index in [0.29, 0.717) is 10.9 Å². The molecule has 1 aromatic carbocycles. The summed E-state index contributed by atoms with van der Waals surface area (Å²) < 4.78 is 5.59. The Balaban J connectivity index is 2.56. The molecule has 0 saturated carbocycles. The van der Waals surface area contributed by atoms with Crippen LogP contribution in [0.5, 0.6) is 5.75 Å². The van der Waals surface area contributed by atoms with Crippen LogP contribution in [0.2, 0.25) is 0 Å². The maximum Gasteiger partial charge on any atom is 0.279 e. The van der Waals surface area contributed by atoms with Gasteiger partial charge in [-0.2, -0.15) is 0 Å². The Hall–Kier alpha value is -1.82. The van der Waals surface area contributed by atoms with Crippen molar-refractivity contribution in [2.75, 3.05) is 7.05 Å². The Morgan fingerprint density at radius 1 is 1.19 bits per heavy atom. The minimum atomic E-state index is -0.627. The molecule has 21 heavy (non-hydrogen) atoms. The lowest BCUT2D eigenvalue weighted by Crippen LogP contribution is -2.49. The quantitative estimate of drug-likeness (QED) is 0.588. The second-order valence-corrected chi connectivity index (χ2v) is 6.14. The molecule has 3 N–H and O–H groups in total. The summed E-state index contributed by atoms with van der Waals surface area (Å²) in [6.45, 7) is 8.12. The Morgan fingerprint density at radius 2 is 1.76 bits per heavy atom. The molecule has 0 radical (unpaired) electrons. The van der Waals surface area contributed by atoms with Gasteiger partial charge in [0.25, 0.3) is 5.91 Å². The maximum absolute atomic E-state index is 11.8. The van der Waals surface area contributed by atoms with Crippen LogP contribution in [-0.4, -0.2) is 24.2 Å². The predicted octanol–water partition coefficient (Wildman–Crippen LogP) is 1.88. The van der Waals surface area contributed by atoms with E-state index in [4.69, 9.17) is 17.0 Å². The number of hydrogen-bond donors (Lipinski definition) is 3. The molecule has 0 spiro atoms. The molecule has 0 bridgehead atoms. The van der Waals surface area contributed by atoms with Crippen LogP contribution in [0.1, 0.15) is 33.3 Å². The highest BCUT2D eigenvalue weighted by atomic mass is 32.1. The lowest BCUT2D eigenvalue weighted by Gasteiger charge is -2.20. The molecule has 5 nitrogen and oxygen atoms in total. The second-order valence-electron chi connectivity index (χ2n) is 5.73.